The van der Waals surface area contributed by atoms with Gasteiger partial charge in [-0.25, -0.2) is 14.4 Å². The predicted molar refractivity (Wildman–Crippen MR) is 114 cm³/mol. The van der Waals surface area contributed by atoms with Gasteiger partial charge in [0, 0.05) is 13.6 Å². The summed E-state index contributed by atoms with van der Waals surface area (Å²) in [5.41, 5.74) is 0.127. The van der Waals surface area contributed by atoms with Crippen molar-refractivity contribution >= 4 is 18.2 Å². The van der Waals surface area contributed by atoms with Crippen LogP contribution in [0.3, 0.4) is 0 Å². The normalized spacial score (nSPS) is 13.0. The lowest BCUT2D eigenvalue weighted by Gasteiger charge is -2.26. The van der Waals surface area contributed by atoms with Gasteiger partial charge in [-0.3, -0.25) is 0 Å². The molecule has 2 N–H and O–H groups in total. The Hall–Kier alpha value is -2.81. The van der Waals surface area contributed by atoms with Gasteiger partial charge in [-0.2, -0.15) is 0 Å². The lowest BCUT2D eigenvalue weighted by atomic mass is 10.1. The number of esters is 1. The average molecular weight is 439 g/mol. The maximum atomic E-state index is 12.2. The first-order valence-electron chi connectivity index (χ1n) is 10.3. The van der Waals surface area contributed by atoms with E-state index >= 15 is 0 Å². The van der Waals surface area contributed by atoms with Gasteiger partial charge in [0.1, 0.15) is 12.2 Å². The third kappa shape index (κ3) is 10.7. The lowest BCUT2D eigenvalue weighted by Crippen LogP contribution is -2.51. The molecule has 1 aromatic carbocycles. The molecule has 1 aromatic rings. The number of carbonyl (C=O) groups excluding carboxylic acids is 3. The highest BCUT2D eigenvalue weighted by molar-refractivity contribution is 5.82. The number of alkyl carbamates (subject to hydrolysis) is 1. The minimum atomic E-state index is -1.27. The molecule has 9 heteroatoms. The van der Waals surface area contributed by atoms with Gasteiger partial charge < -0.3 is 29.5 Å². The molecule has 2 atom stereocenters. The molecule has 1 rings (SSSR count). The number of aliphatic hydroxyl groups excluding tert-OH is 1. The van der Waals surface area contributed by atoms with Crippen LogP contribution in [0.5, 0.6) is 0 Å². The number of ether oxygens (including phenoxy) is 3. The Kier molecular flexibility index (Phi) is 10.8. The van der Waals surface area contributed by atoms with Crippen molar-refractivity contribution in [2.24, 2.45) is 0 Å². The molecule has 0 saturated carbocycles. The first-order valence-corrected chi connectivity index (χ1v) is 10.3. The average Bonchev–Trinajstić information content (AvgIpc) is 2.69. The van der Waals surface area contributed by atoms with Crippen molar-refractivity contribution in [1.82, 2.24) is 10.2 Å². The highest BCUT2D eigenvalue weighted by atomic mass is 16.6. The number of hydrogen-bond acceptors (Lipinski definition) is 7. The van der Waals surface area contributed by atoms with Crippen molar-refractivity contribution in [3.05, 3.63) is 35.9 Å². The highest BCUT2D eigenvalue weighted by Crippen LogP contribution is 2.11. The van der Waals surface area contributed by atoms with Crippen LogP contribution in [0, 0.1) is 0 Å². The first-order chi connectivity index (χ1) is 14.5. The van der Waals surface area contributed by atoms with Crippen molar-refractivity contribution in [3.63, 3.8) is 0 Å². The summed E-state index contributed by atoms with van der Waals surface area (Å²) < 4.78 is 15.3. The summed E-state index contributed by atoms with van der Waals surface area (Å²) in [6.07, 6.45) is -2.00. The molecule has 2 amide bonds. The summed E-state index contributed by atoms with van der Waals surface area (Å²) >= 11 is 0. The number of hydrogen-bond donors (Lipinski definition) is 2. The molecule has 9 nitrogen and oxygen atoms in total. The van der Waals surface area contributed by atoms with Crippen LogP contribution >= 0.6 is 0 Å². The summed E-state index contributed by atoms with van der Waals surface area (Å²) in [6.45, 7) is 7.27. The van der Waals surface area contributed by atoms with E-state index in [9.17, 15) is 19.5 Å². The topological polar surface area (TPSA) is 114 Å². The van der Waals surface area contributed by atoms with Gasteiger partial charge in [0.25, 0.3) is 0 Å². The van der Waals surface area contributed by atoms with E-state index in [4.69, 9.17) is 14.2 Å². The Morgan fingerprint density at radius 3 is 2.35 bits per heavy atom. The van der Waals surface area contributed by atoms with Crippen molar-refractivity contribution in [3.8, 4) is 0 Å². The Balaban J connectivity index is 2.51. The summed E-state index contributed by atoms with van der Waals surface area (Å²) in [4.78, 5) is 37.7. The van der Waals surface area contributed by atoms with Crippen LogP contribution in [0.25, 0.3) is 0 Å². The maximum Gasteiger partial charge on any atom is 0.409 e. The van der Waals surface area contributed by atoms with Crippen LogP contribution in [-0.2, 0) is 25.6 Å². The number of benzene rings is 1. The van der Waals surface area contributed by atoms with Crippen molar-refractivity contribution in [2.75, 3.05) is 20.2 Å². The standard InChI is InChI=1S/C22H34N2O7/c1-6-29-19(26)18(23-20(27)31-22(2,3)4)17(25)13-10-14-24(5)21(28)30-15-16-11-8-7-9-12-16/h7-9,11-12,17-18,25H,6,10,13-15H2,1-5H3,(H,23,27). The van der Waals surface area contributed by atoms with Gasteiger partial charge in [-0.1, -0.05) is 30.3 Å². The van der Waals surface area contributed by atoms with Gasteiger partial charge >= 0.3 is 18.2 Å². The van der Waals surface area contributed by atoms with Crippen LogP contribution in [0.4, 0.5) is 9.59 Å². The molecule has 0 saturated heterocycles. The van der Waals surface area contributed by atoms with E-state index in [0.717, 1.165) is 5.56 Å². The van der Waals surface area contributed by atoms with E-state index in [1.54, 1.807) is 34.7 Å². The SMILES string of the molecule is CCOC(=O)C(NC(=O)OC(C)(C)C)C(O)CCCN(C)C(=O)OCc1ccccc1. The molecule has 174 valence electrons. The zero-order chi connectivity index (χ0) is 23.4. The number of amides is 2. The quantitative estimate of drug-likeness (QED) is 0.426. The van der Waals surface area contributed by atoms with Crippen LogP contribution in [0.2, 0.25) is 0 Å². The molecule has 0 bridgehead atoms. The Morgan fingerprint density at radius 1 is 1.13 bits per heavy atom. The van der Waals surface area contributed by atoms with Crippen molar-refractivity contribution in [1.29, 1.82) is 0 Å². The molecule has 0 aliphatic rings. The van der Waals surface area contributed by atoms with E-state index in [1.165, 1.54) is 4.90 Å². The zero-order valence-corrected chi connectivity index (χ0v) is 18.9. The molecule has 0 spiro atoms. The highest BCUT2D eigenvalue weighted by Gasteiger charge is 2.31. The third-order valence-corrected chi connectivity index (χ3v) is 4.11. The molecular formula is C22H34N2O7. The molecule has 0 aliphatic heterocycles. The molecule has 2 unspecified atom stereocenters. The fourth-order valence-electron chi connectivity index (χ4n) is 2.60. The van der Waals surface area contributed by atoms with Crippen LogP contribution < -0.4 is 5.32 Å². The van der Waals surface area contributed by atoms with E-state index in [-0.39, 0.29) is 19.6 Å². The fraction of sp³-hybridized carbons (Fsp3) is 0.591. The molecule has 0 aromatic heterocycles. The number of nitrogens with zero attached hydrogens (tertiary/aromatic N) is 1. The second-order valence-corrected chi connectivity index (χ2v) is 8.05. The molecule has 0 heterocycles. The minimum absolute atomic E-state index is 0.105. The Labute approximate surface area is 183 Å². The first kappa shape index (κ1) is 26.2. The maximum absolute atomic E-state index is 12.2. The zero-order valence-electron chi connectivity index (χ0n) is 18.9. The Morgan fingerprint density at radius 2 is 1.77 bits per heavy atom. The lowest BCUT2D eigenvalue weighted by molar-refractivity contribution is -0.148. The van der Waals surface area contributed by atoms with E-state index in [0.29, 0.717) is 13.0 Å². The number of nitrogens with one attached hydrogen (secondary N) is 1. The van der Waals surface area contributed by atoms with E-state index in [2.05, 4.69) is 5.32 Å². The predicted octanol–water partition coefficient (Wildman–Crippen LogP) is 2.85. The van der Waals surface area contributed by atoms with Crippen LogP contribution in [-0.4, -0.2) is 66.1 Å². The van der Waals surface area contributed by atoms with E-state index < -0.39 is 35.9 Å². The second kappa shape index (κ2) is 12.8. The van der Waals surface area contributed by atoms with Gasteiger partial charge in [-0.15, -0.1) is 0 Å². The van der Waals surface area contributed by atoms with Gasteiger partial charge in [0.2, 0.25) is 0 Å². The molecule has 0 fully saturated rings. The summed E-state index contributed by atoms with van der Waals surface area (Å²) in [5.74, 6) is -0.753. The van der Waals surface area contributed by atoms with Gasteiger partial charge in [0.15, 0.2) is 6.04 Å². The summed E-state index contributed by atoms with van der Waals surface area (Å²) in [6, 6.07) is 8.04. The fourth-order valence-corrected chi connectivity index (χ4v) is 2.60. The smallest absolute Gasteiger partial charge is 0.409 e. The number of rotatable bonds is 10. The molecule has 31 heavy (non-hydrogen) atoms. The summed E-state index contributed by atoms with van der Waals surface area (Å²) in [7, 11) is 1.58. The second-order valence-electron chi connectivity index (χ2n) is 8.05. The van der Waals surface area contributed by atoms with Gasteiger partial charge in [-0.05, 0) is 46.1 Å². The van der Waals surface area contributed by atoms with Crippen LogP contribution in [0.15, 0.2) is 30.3 Å². The Bertz CT molecular complexity index is 704. The molecule has 0 radical (unpaired) electrons. The van der Waals surface area contributed by atoms with Crippen LogP contribution in [0.1, 0.15) is 46.1 Å². The third-order valence-electron chi connectivity index (χ3n) is 4.11. The largest absolute Gasteiger partial charge is 0.464 e. The monoisotopic (exact) mass is 438 g/mol. The number of carbonyl (C=O) groups is 3. The van der Waals surface area contributed by atoms with Gasteiger partial charge in [0.05, 0.1) is 12.7 Å². The molecule has 0 aliphatic carbocycles. The van der Waals surface area contributed by atoms with E-state index in [1.807, 2.05) is 30.3 Å². The van der Waals surface area contributed by atoms with Crippen molar-refractivity contribution < 1.29 is 33.7 Å². The number of aliphatic hydroxyl groups is 1. The van der Waals surface area contributed by atoms with Crippen molar-refractivity contribution in [2.45, 2.75) is 64.9 Å². The molecular weight excluding hydrogens is 404 g/mol. The minimum Gasteiger partial charge on any atom is -0.464 e. The summed E-state index contributed by atoms with van der Waals surface area (Å²) in [5, 5.41) is 12.8.